The third-order valence-electron chi connectivity index (χ3n) is 7.09. The molecular formula is C36H34N2O5S. The van der Waals surface area contributed by atoms with Crippen LogP contribution >= 0.6 is 11.3 Å². The quantitative estimate of drug-likeness (QED) is 0.149. The lowest BCUT2D eigenvalue weighted by Gasteiger charge is -2.09. The minimum absolute atomic E-state index is 0.265. The molecule has 5 aromatic rings. The summed E-state index contributed by atoms with van der Waals surface area (Å²) in [6, 6.07) is 32.2. The van der Waals surface area contributed by atoms with Crippen LogP contribution < -0.4 is 14.8 Å². The van der Waals surface area contributed by atoms with E-state index in [4.69, 9.17) is 19.6 Å². The van der Waals surface area contributed by atoms with Crippen molar-refractivity contribution in [1.82, 2.24) is 10.3 Å². The fraction of sp³-hybridized carbons (Fsp3) is 0.194. The third kappa shape index (κ3) is 8.18. The molecular weight excluding hydrogens is 572 g/mol. The molecule has 0 spiro atoms. The first-order valence-electron chi connectivity index (χ1n) is 14.4. The number of aldehydes is 1. The van der Waals surface area contributed by atoms with Gasteiger partial charge in [0.25, 0.3) is 0 Å². The van der Waals surface area contributed by atoms with Crippen molar-refractivity contribution < 1.29 is 24.2 Å². The van der Waals surface area contributed by atoms with Crippen LogP contribution in [0.1, 0.15) is 33.8 Å². The van der Waals surface area contributed by atoms with E-state index < -0.39 is 12.6 Å². The molecule has 0 bridgehead atoms. The maximum atomic E-state index is 11.2. The molecule has 1 aromatic heterocycles. The van der Waals surface area contributed by atoms with Crippen LogP contribution in [0, 0.1) is 6.92 Å². The maximum Gasteiger partial charge on any atom is 0.341 e. The summed E-state index contributed by atoms with van der Waals surface area (Å²) in [6.07, 6.45) is 3.63. The van der Waals surface area contributed by atoms with Crippen molar-refractivity contribution in [3.05, 3.63) is 113 Å². The summed E-state index contributed by atoms with van der Waals surface area (Å²) in [7, 11) is 2.01. The van der Waals surface area contributed by atoms with Crippen molar-refractivity contribution >= 4 is 23.6 Å². The van der Waals surface area contributed by atoms with Crippen LogP contribution in [-0.2, 0) is 11.4 Å². The predicted octanol–water partition coefficient (Wildman–Crippen LogP) is 7.68. The molecule has 1 fully saturated rings. The van der Waals surface area contributed by atoms with E-state index in [-0.39, 0.29) is 6.61 Å². The van der Waals surface area contributed by atoms with Crippen LogP contribution in [0.2, 0.25) is 0 Å². The molecule has 44 heavy (non-hydrogen) atoms. The number of aromatic nitrogens is 1. The van der Waals surface area contributed by atoms with E-state index in [0.717, 1.165) is 55.7 Å². The van der Waals surface area contributed by atoms with Gasteiger partial charge in [-0.3, -0.25) is 4.79 Å². The lowest BCUT2D eigenvalue weighted by Crippen LogP contribution is -2.10. The molecule has 2 N–H and O–H groups in total. The Kier molecular flexibility index (Phi) is 10.2. The van der Waals surface area contributed by atoms with Crippen LogP contribution in [0.5, 0.6) is 11.5 Å². The van der Waals surface area contributed by atoms with Gasteiger partial charge in [-0.1, -0.05) is 78.9 Å². The number of aliphatic carboxylic acids is 1. The highest BCUT2D eigenvalue weighted by Crippen LogP contribution is 2.38. The van der Waals surface area contributed by atoms with Crippen molar-refractivity contribution in [3.8, 4) is 44.3 Å². The Morgan fingerprint density at radius 2 is 1.57 bits per heavy atom. The van der Waals surface area contributed by atoms with E-state index in [1.165, 1.54) is 12.8 Å². The molecule has 224 valence electrons. The van der Waals surface area contributed by atoms with E-state index in [0.29, 0.717) is 17.1 Å². The first-order valence-corrected chi connectivity index (χ1v) is 15.2. The third-order valence-corrected chi connectivity index (χ3v) is 8.17. The monoisotopic (exact) mass is 606 g/mol. The number of nitrogens with one attached hydrogen (secondary N) is 1. The minimum atomic E-state index is -1.03. The van der Waals surface area contributed by atoms with E-state index in [2.05, 4.69) is 41.7 Å². The van der Waals surface area contributed by atoms with Crippen molar-refractivity contribution in [2.24, 2.45) is 0 Å². The molecule has 0 amide bonds. The summed E-state index contributed by atoms with van der Waals surface area (Å²) in [5.41, 5.74) is 6.47. The fourth-order valence-corrected chi connectivity index (χ4v) is 5.52. The number of ether oxygens (including phenoxy) is 2. The smallest absolute Gasteiger partial charge is 0.341 e. The summed E-state index contributed by atoms with van der Waals surface area (Å²) >= 11 is 1.56. The molecule has 0 atom stereocenters. The molecule has 1 heterocycles. The molecule has 1 aliphatic rings. The number of carbonyl (C=O) groups is 2. The second-order valence-corrected chi connectivity index (χ2v) is 11.5. The first-order chi connectivity index (χ1) is 21.4. The summed E-state index contributed by atoms with van der Waals surface area (Å²) in [5, 5.41) is 12.8. The second-order valence-electron chi connectivity index (χ2n) is 10.4. The van der Waals surface area contributed by atoms with Crippen molar-refractivity contribution in [1.29, 1.82) is 0 Å². The highest BCUT2D eigenvalue weighted by atomic mass is 32.1. The van der Waals surface area contributed by atoms with Crippen molar-refractivity contribution in [2.75, 3.05) is 13.7 Å². The minimum Gasteiger partial charge on any atom is -0.486 e. The van der Waals surface area contributed by atoms with Gasteiger partial charge in [0.1, 0.15) is 29.4 Å². The number of carboxylic acid groups (broad SMARTS) is 1. The Morgan fingerprint density at radius 3 is 2.16 bits per heavy atom. The molecule has 0 unspecified atom stereocenters. The fourth-order valence-electron chi connectivity index (χ4n) is 4.51. The van der Waals surface area contributed by atoms with Gasteiger partial charge in [0, 0.05) is 17.2 Å². The Balaban J connectivity index is 0.000000698. The number of rotatable bonds is 11. The van der Waals surface area contributed by atoms with Gasteiger partial charge in [-0.2, -0.15) is 0 Å². The van der Waals surface area contributed by atoms with Gasteiger partial charge in [0.15, 0.2) is 6.61 Å². The predicted molar refractivity (Wildman–Crippen MR) is 175 cm³/mol. The number of aryl methyl sites for hydroxylation is 1. The van der Waals surface area contributed by atoms with Gasteiger partial charge < -0.3 is 19.9 Å². The normalized spacial score (nSPS) is 12.1. The number of carbonyl (C=O) groups excluding carboxylic acids is 1. The van der Waals surface area contributed by atoms with Crippen LogP contribution in [-0.4, -0.2) is 42.0 Å². The number of thiazole rings is 1. The van der Waals surface area contributed by atoms with Gasteiger partial charge in [0.05, 0.1) is 10.6 Å². The number of carboxylic acids is 1. The highest BCUT2D eigenvalue weighted by molar-refractivity contribution is 7.15. The van der Waals surface area contributed by atoms with Crippen molar-refractivity contribution in [2.45, 2.75) is 32.4 Å². The zero-order chi connectivity index (χ0) is 30.9. The maximum absolute atomic E-state index is 11.2. The van der Waals surface area contributed by atoms with Gasteiger partial charge >= 0.3 is 5.97 Å². The molecule has 4 aromatic carbocycles. The van der Waals surface area contributed by atoms with Crippen LogP contribution in [0.25, 0.3) is 32.8 Å². The number of hydrogen-bond acceptors (Lipinski definition) is 7. The lowest BCUT2D eigenvalue weighted by molar-refractivity contribution is -0.139. The average molecular weight is 607 g/mol. The van der Waals surface area contributed by atoms with Gasteiger partial charge in [-0.25, -0.2) is 9.78 Å². The Hall–Kier alpha value is -4.79. The molecule has 0 saturated heterocycles. The topological polar surface area (TPSA) is 97.8 Å². The summed E-state index contributed by atoms with van der Waals surface area (Å²) in [4.78, 5) is 27.9. The van der Waals surface area contributed by atoms with Gasteiger partial charge in [0.2, 0.25) is 0 Å². The number of nitrogens with zero attached hydrogens (tertiary/aromatic N) is 1. The highest BCUT2D eigenvalue weighted by Gasteiger charge is 2.17. The zero-order valence-corrected chi connectivity index (χ0v) is 25.5. The summed E-state index contributed by atoms with van der Waals surface area (Å²) in [6.45, 7) is 1.71. The second kappa shape index (κ2) is 14.6. The van der Waals surface area contributed by atoms with E-state index >= 15 is 0 Å². The largest absolute Gasteiger partial charge is 0.486 e. The molecule has 0 radical (unpaired) electrons. The zero-order valence-electron chi connectivity index (χ0n) is 24.7. The van der Waals surface area contributed by atoms with E-state index in [9.17, 15) is 9.59 Å². The molecule has 8 heteroatoms. The molecule has 7 nitrogen and oxygen atoms in total. The van der Waals surface area contributed by atoms with Crippen LogP contribution in [0.4, 0.5) is 0 Å². The van der Waals surface area contributed by atoms with Gasteiger partial charge in [-0.05, 0) is 67.3 Å². The number of benzene rings is 4. The van der Waals surface area contributed by atoms with E-state index in [1.807, 2.05) is 50.4 Å². The van der Waals surface area contributed by atoms with Crippen molar-refractivity contribution in [3.63, 3.8) is 0 Å². The summed E-state index contributed by atoms with van der Waals surface area (Å²) < 4.78 is 11.3. The summed E-state index contributed by atoms with van der Waals surface area (Å²) in [5.74, 6) is 0.109. The lowest BCUT2D eigenvalue weighted by atomic mass is 10.0. The SMILES string of the molecule is CNC1CC1.Cc1cc(OCc2nc(-c3ccc(C=O)cc3)c(-c3ccc(-c4ccccc4)cc3)s2)ccc1OCC(=O)O. The number of hydrogen-bond donors (Lipinski definition) is 2. The Labute approximate surface area is 261 Å². The van der Waals surface area contributed by atoms with Crippen LogP contribution in [0.15, 0.2) is 97.1 Å². The Bertz CT molecular complexity index is 1700. The molecule has 1 saturated carbocycles. The molecule has 0 aliphatic heterocycles. The standard InChI is InChI=1S/C32H25NO5S.C4H9N/c1-21-17-27(15-16-28(21)38-20-30(35)36)37-19-29-33-31(25-9-7-22(18-34)8-10-25)32(39-29)26-13-11-24(12-14-26)23-5-3-2-4-6-23;1-5-4-2-3-4/h2-18H,19-20H2,1H3,(H,35,36);4-5H,2-3H2,1H3. The molecule has 6 rings (SSSR count). The van der Waals surface area contributed by atoms with Crippen LogP contribution in [0.3, 0.4) is 0 Å². The Morgan fingerprint density at radius 1 is 0.909 bits per heavy atom. The first kappa shape index (κ1) is 30.7. The molecule has 1 aliphatic carbocycles. The van der Waals surface area contributed by atoms with Gasteiger partial charge in [-0.15, -0.1) is 11.3 Å². The van der Waals surface area contributed by atoms with E-state index in [1.54, 1.807) is 35.6 Å². The average Bonchev–Trinajstić information content (AvgIpc) is 3.81.